The summed E-state index contributed by atoms with van der Waals surface area (Å²) in [5, 5.41) is 14.3. The topological polar surface area (TPSA) is 69.6 Å². The Kier molecular flexibility index (Phi) is 6.87. The van der Waals surface area contributed by atoms with Gasteiger partial charge in [0.1, 0.15) is 0 Å². The predicted molar refractivity (Wildman–Crippen MR) is 131 cm³/mol. The Hall–Kier alpha value is -2.45. The van der Waals surface area contributed by atoms with Crippen molar-refractivity contribution in [1.29, 1.82) is 0 Å². The van der Waals surface area contributed by atoms with Gasteiger partial charge < -0.3 is 15.3 Å². The maximum Gasteiger partial charge on any atom is 0.256 e. The Morgan fingerprint density at radius 3 is 2.68 bits per heavy atom. The van der Waals surface area contributed by atoms with Gasteiger partial charge in [-0.2, -0.15) is 0 Å². The Bertz CT molecular complexity index is 1110. The number of nitrogens with zero attached hydrogens (tertiary/aromatic N) is 1. The van der Waals surface area contributed by atoms with Gasteiger partial charge in [0, 0.05) is 28.3 Å². The van der Waals surface area contributed by atoms with Crippen molar-refractivity contribution in [2.75, 3.05) is 18.5 Å². The van der Waals surface area contributed by atoms with Crippen LogP contribution in [0.15, 0.2) is 60.7 Å². The van der Waals surface area contributed by atoms with Crippen LogP contribution >= 0.6 is 22.6 Å². The molecule has 1 aliphatic heterocycles. The molecule has 0 saturated carbocycles. The van der Waals surface area contributed by atoms with E-state index in [0.29, 0.717) is 29.8 Å². The number of carbonyl (C=O) groups is 2. The van der Waals surface area contributed by atoms with Crippen molar-refractivity contribution >= 4 is 50.9 Å². The van der Waals surface area contributed by atoms with Crippen LogP contribution in [0.5, 0.6) is 0 Å². The van der Waals surface area contributed by atoms with Gasteiger partial charge in [0.05, 0.1) is 11.3 Å². The quantitative estimate of drug-likeness (QED) is 0.455. The maximum absolute atomic E-state index is 13.5. The summed E-state index contributed by atoms with van der Waals surface area (Å²) < 4.78 is 0.930. The molecule has 4 rings (SSSR count). The number of rotatable bonds is 5. The molecule has 0 spiro atoms. The molecule has 2 amide bonds. The van der Waals surface area contributed by atoms with E-state index >= 15 is 0 Å². The molecule has 1 saturated heterocycles. The summed E-state index contributed by atoms with van der Waals surface area (Å²) in [4.78, 5) is 28.5. The van der Waals surface area contributed by atoms with Gasteiger partial charge in [0.25, 0.3) is 11.8 Å². The molecule has 31 heavy (non-hydrogen) atoms. The summed E-state index contributed by atoms with van der Waals surface area (Å²) in [6, 6.07) is 18.9. The van der Waals surface area contributed by atoms with Crippen LogP contribution in [-0.4, -0.2) is 41.0 Å². The number of hydrogen-bond donors (Lipinski definition) is 2. The van der Waals surface area contributed by atoms with E-state index in [0.717, 1.165) is 33.6 Å². The van der Waals surface area contributed by atoms with Gasteiger partial charge in [0.2, 0.25) is 0 Å². The molecule has 0 unspecified atom stereocenters. The zero-order valence-electron chi connectivity index (χ0n) is 17.2. The van der Waals surface area contributed by atoms with Crippen LogP contribution < -0.4 is 5.32 Å². The molecule has 1 aliphatic rings. The number of nitrogens with one attached hydrogen (secondary N) is 1. The van der Waals surface area contributed by atoms with E-state index < -0.39 is 0 Å². The van der Waals surface area contributed by atoms with E-state index in [2.05, 4.69) is 27.9 Å². The first-order chi connectivity index (χ1) is 15.1. The van der Waals surface area contributed by atoms with Gasteiger partial charge >= 0.3 is 0 Å². The van der Waals surface area contributed by atoms with Crippen LogP contribution in [0, 0.1) is 3.57 Å². The van der Waals surface area contributed by atoms with Gasteiger partial charge in [-0.25, -0.2) is 0 Å². The predicted octanol–water partition coefficient (Wildman–Crippen LogP) is 5.07. The van der Waals surface area contributed by atoms with Crippen molar-refractivity contribution in [3.63, 3.8) is 0 Å². The minimum atomic E-state index is -0.238. The Morgan fingerprint density at radius 1 is 1.03 bits per heavy atom. The molecule has 160 valence electrons. The number of piperidine rings is 1. The average molecular weight is 528 g/mol. The van der Waals surface area contributed by atoms with Gasteiger partial charge in [-0.3, -0.25) is 9.59 Å². The fourth-order valence-electron chi connectivity index (χ4n) is 4.29. The van der Waals surface area contributed by atoms with Crippen molar-refractivity contribution < 1.29 is 14.7 Å². The normalized spacial score (nSPS) is 16.3. The fraction of sp³-hybridized carbons (Fsp3) is 0.280. The van der Waals surface area contributed by atoms with Gasteiger partial charge in [-0.1, -0.05) is 36.4 Å². The zero-order valence-corrected chi connectivity index (χ0v) is 19.3. The molecular formula is C25H25IN2O3. The zero-order chi connectivity index (χ0) is 21.8. The van der Waals surface area contributed by atoms with Crippen molar-refractivity contribution in [2.45, 2.75) is 31.7 Å². The third kappa shape index (κ3) is 4.75. The molecule has 1 atom stereocenters. The highest BCUT2D eigenvalue weighted by atomic mass is 127. The lowest BCUT2D eigenvalue weighted by molar-refractivity contribution is 0.0575. The summed E-state index contributed by atoms with van der Waals surface area (Å²) in [7, 11) is 0. The minimum Gasteiger partial charge on any atom is -0.396 e. The summed E-state index contributed by atoms with van der Waals surface area (Å²) >= 11 is 2.18. The first-order valence-electron chi connectivity index (χ1n) is 10.6. The molecule has 0 aliphatic carbocycles. The van der Waals surface area contributed by atoms with E-state index in [1.165, 1.54) is 0 Å². The molecule has 0 bridgehead atoms. The number of aliphatic hydroxyl groups is 1. The summed E-state index contributed by atoms with van der Waals surface area (Å²) in [6.45, 7) is 0.733. The van der Waals surface area contributed by atoms with Crippen LogP contribution in [0.25, 0.3) is 10.8 Å². The number of halogens is 1. The van der Waals surface area contributed by atoms with Crippen molar-refractivity contribution in [3.05, 3.63) is 75.4 Å². The van der Waals surface area contributed by atoms with Crippen LogP contribution in [0.4, 0.5) is 5.69 Å². The molecule has 1 fully saturated rings. The fourth-order valence-corrected chi connectivity index (χ4v) is 4.78. The Morgan fingerprint density at radius 2 is 1.84 bits per heavy atom. The number of amides is 2. The van der Waals surface area contributed by atoms with E-state index in [1.54, 1.807) is 12.1 Å². The number of carbonyl (C=O) groups excluding carboxylic acids is 2. The molecule has 3 aromatic rings. The third-order valence-electron chi connectivity index (χ3n) is 5.84. The third-order valence-corrected chi connectivity index (χ3v) is 6.52. The second-order valence-electron chi connectivity index (χ2n) is 7.83. The number of likely N-dealkylation sites (tertiary alicyclic amines) is 1. The molecular weight excluding hydrogens is 503 g/mol. The molecule has 3 aromatic carbocycles. The summed E-state index contributed by atoms with van der Waals surface area (Å²) in [5.74, 6) is -0.331. The first kappa shape index (κ1) is 21.8. The summed E-state index contributed by atoms with van der Waals surface area (Å²) in [6.07, 6.45) is 3.49. The van der Waals surface area contributed by atoms with E-state index in [-0.39, 0.29) is 24.5 Å². The van der Waals surface area contributed by atoms with E-state index in [4.69, 9.17) is 0 Å². The van der Waals surface area contributed by atoms with Crippen LogP contribution in [0.3, 0.4) is 0 Å². The number of anilines is 1. The second kappa shape index (κ2) is 9.78. The Labute approximate surface area is 195 Å². The van der Waals surface area contributed by atoms with E-state index in [9.17, 15) is 14.7 Å². The highest BCUT2D eigenvalue weighted by molar-refractivity contribution is 14.1. The first-order valence-corrected chi connectivity index (χ1v) is 11.7. The number of aliphatic hydroxyl groups excluding tert-OH is 1. The molecule has 6 heteroatoms. The average Bonchev–Trinajstić information content (AvgIpc) is 2.80. The maximum atomic E-state index is 13.5. The summed E-state index contributed by atoms with van der Waals surface area (Å²) in [5.41, 5.74) is 1.58. The van der Waals surface area contributed by atoms with E-state index in [1.807, 2.05) is 53.4 Å². The molecule has 5 nitrogen and oxygen atoms in total. The monoisotopic (exact) mass is 528 g/mol. The van der Waals surface area contributed by atoms with Gasteiger partial charge in [0.15, 0.2) is 0 Å². The molecule has 1 heterocycles. The number of benzene rings is 3. The molecule has 0 radical (unpaired) electrons. The highest BCUT2D eigenvalue weighted by Crippen LogP contribution is 2.27. The highest BCUT2D eigenvalue weighted by Gasteiger charge is 2.29. The smallest absolute Gasteiger partial charge is 0.256 e. The van der Waals surface area contributed by atoms with Crippen LogP contribution in [-0.2, 0) is 0 Å². The minimum absolute atomic E-state index is 0.0331. The van der Waals surface area contributed by atoms with Crippen LogP contribution in [0.1, 0.15) is 46.4 Å². The number of hydrogen-bond acceptors (Lipinski definition) is 3. The molecule has 0 aromatic heterocycles. The largest absolute Gasteiger partial charge is 0.396 e. The van der Waals surface area contributed by atoms with Gasteiger partial charge in [-0.15, -0.1) is 0 Å². The lowest BCUT2D eigenvalue weighted by Crippen LogP contribution is -2.44. The Balaban J connectivity index is 1.65. The second-order valence-corrected chi connectivity index (χ2v) is 9.08. The van der Waals surface area contributed by atoms with Crippen LogP contribution in [0.2, 0.25) is 0 Å². The number of fused-ring (bicyclic) bond motifs is 1. The van der Waals surface area contributed by atoms with Crippen molar-refractivity contribution in [1.82, 2.24) is 4.90 Å². The van der Waals surface area contributed by atoms with Crippen molar-refractivity contribution in [3.8, 4) is 0 Å². The lowest BCUT2D eigenvalue weighted by atomic mass is 9.98. The van der Waals surface area contributed by atoms with Crippen molar-refractivity contribution in [2.24, 2.45) is 0 Å². The van der Waals surface area contributed by atoms with Gasteiger partial charge in [-0.05, 0) is 83.3 Å². The standard InChI is InChI=1S/C25H25IN2O3/c26-18-11-12-23(22(16-18)25(31)28-14-4-3-8-19(28)13-15-29)27-24(30)21-10-5-7-17-6-1-2-9-20(17)21/h1-2,5-7,9-12,16,19,29H,3-4,8,13-15H2,(H,27,30)/t19-/m1/s1. The molecule has 2 N–H and O–H groups in total. The lowest BCUT2D eigenvalue weighted by Gasteiger charge is -2.36. The SMILES string of the molecule is O=C(Nc1ccc(I)cc1C(=O)N1CCCC[C@@H]1CCO)c1cccc2ccccc12.